The van der Waals surface area contributed by atoms with Crippen LogP contribution in [0.4, 0.5) is 5.69 Å². The summed E-state index contributed by atoms with van der Waals surface area (Å²) in [6.07, 6.45) is 3.82. The van der Waals surface area contributed by atoms with Crippen LogP contribution >= 0.6 is 11.6 Å². The maximum Gasteiger partial charge on any atom is 0.234 e. The van der Waals surface area contributed by atoms with E-state index in [0.29, 0.717) is 5.02 Å². The number of carbonyl (C=O) groups excluding carboxylic acids is 2. The Morgan fingerprint density at radius 3 is 2.15 bits per heavy atom. The molecule has 1 aromatic rings. The first-order valence-electron chi connectivity index (χ1n) is 7.01. The number of amides is 2. The van der Waals surface area contributed by atoms with Crippen molar-refractivity contribution >= 4 is 29.1 Å². The van der Waals surface area contributed by atoms with E-state index in [-0.39, 0.29) is 30.3 Å². The summed E-state index contributed by atoms with van der Waals surface area (Å²) in [4.78, 5) is 25.9. The lowest BCUT2D eigenvalue weighted by Gasteiger charge is -2.19. The lowest BCUT2D eigenvalue weighted by atomic mass is 9.81. The minimum atomic E-state index is -0.0803. The van der Waals surface area contributed by atoms with Crippen LogP contribution in [0.15, 0.2) is 24.3 Å². The maximum atomic E-state index is 12.3. The average Bonchev–Trinajstić information content (AvgIpc) is 2.71. The standard InChI is InChI=1S/C15H17ClN2O2/c16-10-5-7-11(8-6-10)17-9-18-14(19)12-3-1-2-4-13(12)15(18)20/h5-8,12-13,17H,1-4,9H2/t12-,13+. The molecule has 0 unspecified atom stereocenters. The fraction of sp³-hybridized carbons (Fsp3) is 0.467. The Labute approximate surface area is 123 Å². The molecule has 2 atom stereocenters. The van der Waals surface area contributed by atoms with Crippen molar-refractivity contribution in [2.45, 2.75) is 25.7 Å². The summed E-state index contributed by atoms with van der Waals surface area (Å²) in [7, 11) is 0. The molecule has 106 valence electrons. The van der Waals surface area contributed by atoms with Gasteiger partial charge in [-0.3, -0.25) is 14.5 Å². The van der Waals surface area contributed by atoms with Gasteiger partial charge in [0.2, 0.25) is 11.8 Å². The average molecular weight is 293 g/mol. The second kappa shape index (κ2) is 5.44. The van der Waals surface area contributed by atoms with Crippen molar-refractivity contribution in [3.63, 3.8) is 0 Å². The second-order valence-electron chi connectivity index (χ2n) is 5.44. The first kappa shape index (κ1) is 13.4. The third-order valence-electron chi connectivity index (χ3n) is 4.22. The highest BCUT2D eigenvalue weighted by Gasteiger charge is 2.47. The van der Waals surface area contributed by atoms with Crippen LogP contribution in [-0.4, -0.2) is 23.4 Å². The molecule has 0 aromatic heterocycles. The highest BCUT2D eigenvalue weighted by Crippen LogP contribution is 2.37. The third kappa shape index (κ3) is 2.40. The number of hydrogen-bond acceptors (Lipinski definition) is 3. The number of halogens is 1. The molecule has 0 spiro atoms. The van der Waals surface area contributed by atoms with Crippen molar-refractivity contribution < 1.29 is 9.59 Å². The van der Waals surface area contributed by atoms with Crippen LogP contribution in [0.2, 0.25) is 5.02 Å². The normalized spacial score (nSPS) is 25.8. The van der Waals surface area contributed by atoms with Crippen LogP contribution in [0.25, 0.3) is 0 Å². The number of benzene rings is 1. The van der Waals surface area contributed by atoms with Crippen LogP contribution in [0.3, 0.4) is 0 Å². The molecule has 1 aliphatic heterocycles. The van der Waals surface area contributed by atoms with Crippen LogP contribution in [-0.2, 0) is 9.59 Å². The summed E-state index contributed by atoms with van der Waals surface area (Å²) in [5, 5.41) is 3.77. The predicted molar refractivity (Wildman–Crippen MR) is 77.2 cm³/mol. The van der Waals surface area contributed by atoms with E-state index in [9.17, 15) is 9.59 Å². The highest BCUT2D eigenvalue weighted by molar-refractivity contribution is 6.30. The first-order valence-corrected chi connectivity index (χ1v) is 7.39. The summed E-state index contributed by atoms with van der Waals surface area (Å²) < 4.78 is 0. The van der Waals surface area contributed by atoms with E-state index in [2.05, 4.69) is 5.32 Å². The molecule has 20 heavy (non-hydrogen) atoms. The summed E-state index contributed by atoms with van der Waals surface area (Å²) >= 11 is 5.82. The fourth-order valence-corrected chi connectivity index (χ4v) is 3.25. The van der Waals surface area contributed by atoms with Crippen LogP contribution in [0.1, 0.15) is 25.7 Å². The molecule has 1 aliphatic carbocycles. The monoisotopic (exact) mass is 292 g/mol. The van der Waals surface area contributed by atoms with Gasteiger partial charge in [-0.1, -0.05) is 24.4 Å². The van der Waals surface area contributed by atoms with Crippen molar-refractivity contribution in [1.82, 2.24) is 4.90 Å². The number of rotatable bonds is 3. The number of nitrogens with one attached hydrogen (secondary N) is 1. The zero-order chi connectivity index (χ0) is 14.1. The highest BCUT2D eigenvalue weighted by atomic mass is 35.5. The molecular weight excluding hydrogens is 276 g/mol. The number of imide groups is 1. The molecule has 2 amide bonds. The van der Waals surface area contributed by atoms with E-state index < -0.39 is 0 Å². The van der Waals surface area contributed by atoms with Crippen molar-refractivity contribution in [1.29, 1.82) is 0 Å². The summed E-state index contributed by atoms with van der Waals surface area (Å²) in [5.41, 5.74) is 0.852. The first-order chi connectivity index (χ1) is 9.66. The van der Waals surface area contributed by atoms with E-state index in [1.54, 1.807) is 12.1 Å². The van der Waals surface area contributed by atoms with E-state index in [4.69, 9.17) is 11.6 Å². The van der Waals surface area contributed by atoms with Gasteiger partial charge in [-0.05, 0) is 37.1 Å². The largest absolute Gasteiger partial charge is 0.367 e. The lowest BCUT2D eigenvalue weighted by molar-refractivity contribution is -0.139. The Morgan fingerprint density at radius 2 is 1.60 bits per heavy atom. The molecule has 1 saturated heterocycles. The number of anilines is 1. The minimum Gasteiger partial charge on any atom is -0.367 e. The Morgan fingerprint density at radius 1 is 1.05 bits per heavy atom. The number of fused-ring (bicyclic) bond motifs is 1. The quantitative estimate of drug-likeness (QED) is 0.872. The fourth-order valence-electron chi connectivity index (χ4n) is 3.12. The predicted octanol–water partition coefficient (Wildman–Crippen LogP) is 2.88. The van der Waals surface area contributed by atoms with Gasteiger partial charge >= 0.3 is 0 Å². The molecule has 0 radical (unpaired) electrons. The number of carbonyl (C=O) groups is 2. The Hall–Kier alpha value is -1.55. The molecule has 4 nitrogen and oxygen atoms in total. The minimum absolute atomic E-state index is 0.0128. The molecule has 5 heteroatoms. The van der Waals surface area contributed by atoms with Gasteiger partial charge in [0, 0.05) is 10.7 Å². The van der Waals surface area contributed by atoms with E-state index >= 15 is 0 Å². The van der Waals surface area contributed by atoms with Gasteiger partial charge < -0.3 is 5.32 Å². The molecule has 1 aromatic carbocycles. The van der Waals surface area contributed by atoms with E-state index in [1.807, 2.05) is 12.1 Å². The van der Waals surface area contributed by atoms with Crippen molar-refractivity contribution in [3.05, 3.63) is 29.3 Å². The molecule has 1 saturated carbocycles. The van der Waals surface area contributed by atoms with Crippen LogP contribution in [0.5, 0.6) is 0 Å². The molecule has 3 rings (SSSR count). The summed E-state index contributed by atoms with van der Waals surface area (Å²) in [5.74, 6) is -0.186. The van der Waals surface area contributed by atoms with Crippen molar-refractivity contribution in [3.8, 4) is 0 Å². The van der Waals surface area contributed by atoms with Gasteiger partial charge in [-0.25, -0.2) is 0 Å². The Kier molecular flexibility index (Phi) is 3.66. The number of nitrogens with zero attached hydrogens (tertiary/aromatic N) is 1. The molecule has 1 N–H and O–H groups in total. The zero-order valence-electron chi connectivity index (χ0n) is 11.1. The number of likely N-dealkylation sites (tertiary alicyclic amines) is 1. The SMILES string of the molecule is O=C1[C@H]2CCCC[C@H]2C(=O)N1CNc1ccc(Cl)cc1. The van der Waals surface area contributed by atoms with Crippen LogP contribution < -0.4 is 5.32 Å². The molecule has 0 bridgehead atoms. The van der Waals surface area contributed by atoms with Gasteiger partial charge in [-0.2, -0.15) is 0 Å². The van der Waals surface area contributed by atoms with Crippen molar-refractivity contribution in [2.24, 2.45) is 11.8 Å². The van der Waals surface area contributed by atoms with Gasteiger partial charge in [0.05, 0.1) is 18.5 Å². The van der Waals surface area contributed by atoms with Gasteiger partial charge in [-0.15, -0.1) is 0 Å². The zero-order valence-corrected chi connectivity index (χ0v) is 11.9. The topological polar surface area (TPSA) is 49.4 Å². The Balaban J connectivity index is 1.66. The van der Waals surface area contributed by atoms with Gasteiger partial charge in [0.15, 0.2) is 0 Å². The molecular formula is C15H17ClN2O2. The molecule has 1 heterocycles. The lowest BCUT2D eigenvalue weighted by Crippen LogP contribution is -2.35. The van der Waals surface area contributed by atoms with Crippen molar-refractivity contribution in [2.75, 3.05) is 12.0 Å². The van der Waals surface area contributed by atoms with E-state index in [0.717, 1.165) is 31.4 Å². The third-order valence-corrected chi connectivity index (χ3v) is 4.47. The second-order valence-corrected chi connectivity index (χ2v) is 5.88. The van der Waals surface area contributed by atoms with Gasteiger partial charge in [0.1, 0.15) is 0 Å². The molecule has 2 fully saturated rings. The summed E-state index contributed by atoms with van der Waals surface area (Å²) in [6, 6.07) is 7.22. The van der Waals surface area contributed by atoms with Crippen LogP contribution in [0, 0.1) is 11.8 Å². The summed E-state index contributed by atoms with van der Waals surface area (Å²) in [6.45, 7) is 0.242. The smallest absolute Gasteiger partial charge is 0.234 e. The number of hydrogen-bond donors (Lipinski definition) is 1. The van der Waals surface area contributed by atoms with Gasteiger partial charge in [0.25, 0.3) is 0 Å². The van der Waals surface area contributed by atoms with E-state index in [1.165, 1.54) is 4.90 Å². The molecule has 2 aliphatic rings. The maximum absolute atomic E-state index is 12.3. The Bertz CT molecular complexity index is 505.